The van der Waals surface area contributed by atoms with Gasteiger partial charge in [-0.05, 0) is 31.0 Å². The molecule has 0 unspecified atom stereocenters. The van der Waals surface area contributed by atoms with E-state index in [-0.39, 0.29) is 29.2 Å². The Balaban J connectivity index is 1.19. The maximum Gasteiger partial charge on any atom is 0.445 e. The van der Waals surface area contributed by atoms with Gasteiger partial charge in [0, 0.05) is 64.0 Å². The SMILES string of the molecule is O=C(CCN1CCN(c2nnc(C(F)(F)F)s2)CC1)N1CCC(Nc2ccc(N(O)O)c(C(F)(F)F)c2)CC1. The summed E-state index contributed by atoms with van der Waals surface area (Å²) in [5.74, 6) is -0.0375. The number of aromatic nitrogens is 2. The first-order valence-corrected chi connectivity index (χ1v) is 12.9. The number of hydrogen-bond donors (Lipinski definition) is 3. The smallest absolute Gasteiger partial charge is 0.382 e. The number of nitrogens with zero attached hydrogens (tertiary/aromatic N) is 6. The Bertz CT molecular complexity index is 1130. The van der Waals surface area contributed by atoms with E-state index in [1.807, 2.05) is 0 Å². The number of carbonyl (C=O) groups excluding carboxylic acids is 1. The summed E-state index contributed by atoms with van der Waals surface area (Å²) in [6, 6.07) is 2.93. The van der Waals surface area contributed by atoms with Crippen LogP contribution in [0, 0.1) is 0 Å². The highest BCUT2D eigenvalue weighted by molar-refractivity contribution is 7.15. The molecule has 3 N–H and O–H groups in total. The molecule has 0 radical (unpaired) electrons. The van der Waals surface area contributed by atoms with Gasteiger partial charge in [-0.1, -0.05) is 11.3 Å². The van der Waals surface area contributed by atoms with Crippen LogP contribution in [0.5, 0.6) is 0 Å². The number of piperidine rings is 1. The van der Waals surface area contributed by atoms with E-state index in [0.717, 1.165) is 12.1 Å². The zero-order valence-corrected chi connectivity index (χ0v) is 21.4. The van der Waals surface area contributed by atoms with Gasteiger partial charge in [0.15, 0.2) is 0 Å². The van der Waals surface area contributed by atoms with Gasteiger partial charge in [0.05, 0.1) is 5.56 Å². The second kappa shape index (κ2) is 11.7. The van der Waals surface area contributed by atoms with E-state index in [2.05, 4.69) is 20.4 Å². The van der Waals surface area contributed by atoms with Crippen LogP contribution >= 0.6 is 11.3 Å². The number of carbonyl (C=O) groups is 1. The van der Waals surface area contributed by atoms with Crippen molar-refractivity contribution in [3.63, 3.8) is 0 Å². The lowest BCUT2D eigenvalue weighted by Gasteiger charge is -2.36. The van der Waals surface area contributed by atoms with Crippen LogP contribution in [0.3, 0.4) is 0 Å². The molecule has 0 spiro atoms. The van der Waals surface area contributed by atoms with E-state index in [4.69, 9.17) is 10.4 Å². The molecule has 17 heteroatoms. The monoisotopic (exact) mass is 583 g/mol. The van der Waals surface area contributed by atoms with Crippen molar-refractivity contribution in [3.8, 4) is 0 Å². The van der Waals surface area contributed by atoms with Crippen LogP contribution in [-0.4, -0.2) is 88.2 Å². The zero-order chi connectivity index (χ0) is 28.4. The van der Waals surface area contributed by atoms with Crippen molar-refractivity contribution in [2.45, 2.75) is 37.7 Å². The predicted octanol–water partition coefficient (Wildman–Crippen LogP) is 3.78. The molecule has 2 aromatic rings. The first kappa shape index (κ1) is 29.1. The summed E-state index contributed by atoms with van der Waals surface area (Å²) >= 11 is 0.511. The molecule has 0 bridgehead atoms. The second-order valence-electron chi connectivity index (χ2n) is 9.28. The minimum Gasteiger partial charge on any atom is -0.382 e. The third-order valence-corrected chi connectivity index (χ3v) is 7.71. The Morgan fingerprint density at radius 1 is 1.00 bits per heavy atom. The molecule has 2 fully saturated rings. The van der Waals surface area contributed by atoms with Gasteiger partial charge in [-0.25, -0.2) is 0 Å². The highest BCUT2D eigenvalue weighted by atomic mass is 32.1. The zero-order valence-electron chi connectivity index (χ0n) is 20.5. The number of anilines is 3. The van der Waals surface area contributed by atoms with Crippen LogP contribution in [0.25, 0.3) is 0 Å². The molecule has 0 aliphatic carbocycles. The topological polar surface area (TPSA) is 108 Å². The molecule has 1 aromatic carbocycles. The summed E-state index contributed by atoms with van der Waals surface area (Å²) in [5, 5.41) is 26.7. The van der Waals surface area contributed by atoms with Crippen LogP contribution in [0.15, 0.2) is 18.2 Å². The van der Waals surface area contributed by atoms with Crippen molar-refractivity contribution >= 4 is 33.8 Å². The summed E-state index contributed by atoms with van der Waals surface area (Å²) in [6.45, 7) is 3.48. The largest absolute Gasteiger partial charge is 0.445 e. The van der Waals surface area contributed by atoms with Crippen LogP contribution in [0.2, 0.25) is 0 Å². The predicted molar refractivity (Wildman–Crippen MR) is 129 cm³/mol. The summed E-state index contributed by atoms with van der Waals surface area (Å²) in [6.07, 6.45) is -7.96. The molecule has 2 aliphatic rings. The maximum atomic E-state index is 13.3. The fourth-order valence-corrected chi connectivity index (χ4v) is 5.33. The molecule has 2 aliphatic heterocycles. The van der Waals surface area contributed by atoms with Crippen molar-refractivity contribution in [1.29, 1.82) is 0 Å². The Labute approximate surface area is 223 Å². The summed E-state index contributed by atoms with van der Waals surface area (Å²) in [5.41, 5.74) is -1.80. The van der Waals surface area contributed by atoms with Crippen molar-refractivity contribution in [1.82, 2.24) is 20.0 Å². The van der Waals surface area contributed by atoms with Gasteiger partial charge in [0.2, 0.25) is 16.0 Å². The number of piperazine rings is 1. The van der Waals surface area contributed by atoms with Crippen molar-refractivity contribution in [3.05, 3.63) is 28.8 Å². The lowest BCUT2D eigenvalue weighted by Crippen LogP contribution is -2.48. The molecule has 4 rings (SSSR count). The Morgan fingerprint density at radius 2 is 1.67 bits per heavy atom. The quantitative estimate of drug-likeness (QED) is 0.332. The van der Waals surface area contributed by atoms with Crippen LogP contribution in [-0.2, 0) is 17.1 Å². The molecule has 216 valence electrons. The number of benzene rings is 1. The fraction of sp³-hybridized carbons (Fsp3) is 0.591. The molecule has 0 atom stereocenters. The maximum absolute atomic E-state index is 13.3. The number of nitrogens with one attached hydrogen (secondary N) is 1. The van der Waals surface area contributed by atoms with Crippen molar-refractivity contribution < 1.29 is 41.6 Å². The highest BCUT2D eigenvalue weighted by Crippen LogP contribution is 2.38. The first-order chi connectivity index (χ1) is 18.3. The van der Waals surface area contributed by atoms with E-state index in [0.29, 0.717) is 70.0 Å². The third kappa shape index (κ3) is 7.40. The standard InChI is InChI=1S/C22H27F6N7O3S/c23-21(24,25)16-13-15(1-2-17(16)35(37)38)29-14-3-7-33(8-4-14)18(36)5-6-32-9-11-34(12-10-32)20-31-30-19(39-20)22(26,27)28/h1-2,13-14,29,37-38H,3-12H2. The highest BCUT2D eigenvalue weighted by Gasteiger charge is 2.37. The number of amides is 1. The minimum absolute atomic E-state index is 0.0375. The lowest BCUT2D eigenvalue weighted by molar-refractivity contribution is -0.139. The average molecular weight is 584 g/mol. The number of likely N-dealkylation sites (tertiary alicyclic amines) is 1. The van der Waals surface area contributed by atoms with E-state index < -0.39 is 33.8 Å². The van der Waals surface area contributed by atoms with Gasteiger partial charge in [0.1, 0.15) is 5.69 Å². The fourth-order valence-electron chi connectivity index (χ4n) is 4.57. The molecule has 2 saturated heterocycles. The van der Waals surface area contributed by atoms with E-state index >= 15 is 0 Å². The Hall–Kier alpha value is -2.89. The van der Waals surface area contributed by atoms with Crippen LogP contribution in [0.1, 0.15) is 29.8 Å². The van der Waals surface area contributed by atoms with Gasteiger partial charge in [-0.2, -0.15) is 26.3 Å². The molecule has 0 saturated carbocycles. The Kier molecular flexibility index (Phi) is 8.72. The summed E-state index contributed by atoms with van der Waals surface area (Å²) in [7, 11) is 0. The van der Waals surface area contributed by atoms with E-state index in [1.54, 1.807) is 9.80 Å². The summed E-state index contributed by atoms with van der Waals surface area (Å²) < 4.78 is 78.1. The molecule has 10 nitrogen and oxygen atoms in total. The van der Waals surface area contributed by atoms with Gasteiger partial charge in [-0.15, -0.1) is 15.4 Å². The lowest BCUT2D eigenvalue weighted by atomic mass is 10.0. The van der Waals surface area contributed by atoms with Gasteiger partial charge < -0.3 is 15.1 Å². The van der Waals surface area contributed by atoms with E-state index in [9.17, 15) is 31.1 Å². The number of alkyl halides is 6. The summed E-state index contributed by atoms with van der Waals surface area (Å²) in [4.78, 5) is 18.2. The number of rotatable bonds is 7. The molecule has 39 heavy (non-hydrogen) atoms. The molecule has 1 aromatic heterocycles. The van der Waals surface area contributed by atoms with E-state index in [1.165, 1.54) is 6.07 Å². The van der Waals surface area contributed by atoms with Crippen LogP contribution in [0.4, 0.5) is 42.8 Å². The Morgan fingerprint density at radius 3 is 2.23 bits per heavy atom. The van der Waals surface area contributed by atoms with Gasteiger partial charge >= 0.3 is 12.4 Å². The first-order valence-electron chi connectivity index (χ1n) is 12.1. The van der Waals surface area contributed by atoms with Crippen molar-refractivity contribution in [2.75, 3.05) is 61.3 Å². The average Bonchev–Trinajstić information content (AvgIpc) is 3.39. The molecule has 3 heterocycles. The third-order valence-electron chi connectivity index (χ3n) is 6.68. The van der Waals surface area contributed by atoms with Gasteiger partial charge in [-0.3, -0.25) is 20.1 Å². The number of hydrogen-bond acceptors (Lipinski definition) is 10. The molecular weight excluding hydrogens is 556 g/mol. The normalized spacial score (nSPS) is 17.9. The molecular formula is C22H27F6N7O3S. The minimum atomic E-state index is -4.78. The van der Waals surface area contributed by atoms with Crippen molar-refractivity contribution in [2.24, 2.45) is 0 Å². The van der Waals surface area contributed by atoms with Gasteiger partial charge in [0.25, 0.3) is 0 Å². The van der Waals surface area contributed by atoms with Crippen LogP contribution < -0.4 is 15.4 Å². The number of halogens is 6. The second-order valence-corrected chi connectivity index (χ2v) is 10.2. The molecule has 1 amide bonds.